The zero-order valence-corrected chi connectivity index (χ0v) is 16.5. The molecule has 1 aromatic heterocycles. The number of carbonyl (C=O) groups is 1. The lowest BCUT2D eigenvalue weighted by molar-refractivity contribution is -0.384. The van der Waals surface area contributed by atoms with Gasteiger partial charge in [0.05, 0.1) is 18.2 Å². The Morgan fingerprint density at radius 3 is 2.71 bits per heavy atom. The Morgan fingerprint density at radius 1 is 1.16 bits per heavy atom. The lowest BCUT2D eigenvalue weighted by Gasteiger charge is -2.13. The number of hydrogen-bond donors (Lipinski definition) is 2. The van der Waals surface area contributed by atoms with E-state index in [9.17, 15) is 14.9 Å². The highest BCUT2D eigenvalue weighted by atomic mass is 16.6. The lowest BCUT2D eigenvalue weighted by atomic mass is 10.2. The van der Waals surface area contributed by atoms with Gasteiger partial charge < -0.3 is 14.8 Å². The molecule has 0 fully saturated rings. The fourth-order valence-electron chi connectivity index (χ4n) is 2.60. The van der Waals surface area contributed by atoms with Crippen molar-refractivity contribution in [2.24, 2.45) is 5.10 Å². The number of para-hydroxylation sites is 2. The van der Waals surface area contributed by atoms with Crippen molar-refractivity contribution in [3.63, 3.8) is 0 Å². The molecular formula is C21H19N5O5. The number of aromatic nitrogens is 1. The highest BCUT2D eigenvalue weighted by molar-refractivity contribution is 5.92. The third kappa shape index (κ3) is 5.76. The number of benzene rings is 2. The summed E-state index contributed by atoms with van der Waals surface area (Å²) < 4.78 is 11.0. The van der Waals surface area contributed by atoms with E-state index in [0.29, 0.717) is 22.7 Å². The van der Waals surface area contributed by atoms with Crippen LogP contribution in [0.4, 0.5) is 17.2 Å². The van der Waals surface area contributed by atoms with Gasteiger partial charge in [-0.1, -0.05) is 24.3 Å². The number of pyridine rings is 1. The van der Waals surface area contributed by atoms with Crippen LogP contribution in [-0.4, -0.2) is 35.7 Å². The average molecular weight is 421 g/mol. The minimum Gasteiger partial charge on any atom is -0.493 e. The van der Waals surface area contributed by atoms with Gasteiger partial charge in [0.25, 0.3) is 5.91 Å². The van der Waals surface area contributed by atoms with E-state index in [0.717, 1.165) is 0 Å². The molecule has 0 aliphatic carbocycles. The van der Waals surface area contributed by atoms with Crippen LogP contribution in [0.25, 0.3) is 0 Å². The van der Waals surface area contributed by atoms with Crippen molar-refractivity contribution in [3.8, 4) is 11.5 Å². The summed E-state index contributed by atoms with van der Waals surface area (Å²) in [5.41, 5.74) is 3.49. The van der Waals surface area contributed by atoms with Gasteiger partial charge in [-0.2, -0.15) is 5.10 Å². The van der Waals surface area contributed by atoms with Crippen molar-refractivity contribution in [2.45, 2.75) is 0 Å². The number of nitrogens with one attached hydrogen (secondary N) is 2. The normalized spacial score (nSPS) is 10.5. The van der Waals surface area contributed by atoms with Crippen molar-refractivity contribution in [3.05, 3.63) is 82.5 Å². The summed E-state index contributed by atoms with van der Waals surface area (Å²) in [6.07, 6.45) is 2.81. The molecule has 0 aliphatic rings. The zero-order valence-electron chi connectivity index (χ0n) is 16.5. The second-order valence-corrected chi connectivity index (χ2v) is 6.08. The van der Waals surface area contributed by atoms with Crippen LogP contribution in [0.3, 0.4) is 0 Å². The number of rotatable bonds is 9. The molecule has 0 bridgehead atoms. The smallest absolute Gasteiger partial charge is 0.313 e. The molecule has 0 saturated heterocycles. The molecule has 10 heteroatoms. The molecule has 10 nitrogen and oxygen atoms in total. The van der Waals surface area contributed by atoms with Crippen LogP contribution < -0.4 is 20.2 Å². The second-order valence-electron chi connectivity index (χ2n) is 6.08. The molecule has 0 aliphatic heterocycles. The first-order valence-corrected chi connectivity index (χ1v) is 9.11. The maximum absolute atomic E-state index is 12.2. The number of amides is 1. The van der Waals surface area contributed by atoms with Gasteiger partial charge in [0.2, 0.25) is 5.82 Å². The Morgan fingerprint density at radius 2 is 1.97 bits per heavy atom. The summed E-state index contributed by atoms with van der Waals surface area (Å²) in [5, 5.41) is 17.8. The van der Waals surface area contributed by atoms with Gasteiger partial charge in [-0.25, -0.2) is 4.98 Å². The Kier molecular flexibility index (Phi) is 7.09. The molecule has 0 atom stereocenters. The quantitative estimate of drug-likeness (QED) is 0.308. The topological polar surface area (TPSA) is 128 Å². The van der Waals surface area contributed by atoms with E-state index in [2.05, 4.69) is 20.8 Å². The van der Waals surface area contributed by atoms with Gasteiger partial charge in [-0.15, -0.1) is 0 Å². The van der Waals surface area contributed by atoms with Crippen LogP contribution in [0.1, 0.15) is 5.56 Å². The fraction of sp³-hybridized carbons (Fsp3) is 0.0952. The summed E-state index contributed by atoms with van der Waals surface area (Å²) >= 11 is 0. The van der Waals surface area contributed by atoms with Gasteiger partial charge in [0.1, 0.15) is 0 Å². The Labute approximate surface area is 177 Å². The van der Waals surface area contributed by atoms with Gasteiger partial charge >= 0.3 is 5.69 Å². The molecule has 31 heavy (non-hydrogen) atoms. The molecule has 158 valence electrons. The summed E-state index contributed by atoms with van der Waals surface area (Å²) in [5.74, 6) is 0.355. The highest BCUT2D eigenvalue weighted by Crippen LogP contribution is 2.30. The van der Waals surface area contributed by atoms with Crippen LogP contribution in [0.2, 0.25) is 0 Å². The number of methoxy groups -OCH3 is 1. The van der Waals surface area contributed by atoms with Crippen LogP contribution in [0.15, 0.2) is 72.0 Å². The molecule has 3 aromatic rings. The number of nitrogens with zero attached hydrogens (tertiary/aromatic N) is 3. The largest absolute Gasteiger partial charge is 0.493 e. The van der Waals surface area contributed by atoms with E-state index in [1.165, 1.54) is 31.7 Å². The van der Waals surface area contributed by atoms with E-state index in [4.69, 9.17) is 9.47 Å². The molecule has 0 radical (unpaired) electrons. The standard InChI is InChI=1S/C21H19N5O5/c1-30-18-11-5-7-15(13-23-25-21-17(26(28)29)10-6-12-22-21)20(18)31-14-19(27)24-16-8-3-2-4-9-16/h2-13H,14H2,1H3,(H,22,25)(H,24,27)/b23-13-. The van der Waals surface area contributed by atoms with E-state index in [-0.39, 0.29) is 24.0 Å². The maximum Gasteiger partial charge on any atom is 0.313 e. The van der Waals surface area contributed by atoms with Gasteiger partial charge in [-0.05, 0) is 30.3 Å². The van der Waals surface area contributed by atoms with Crippen molar-refractivity contribution in [2.75, 3.05) is 24.5 Å². The average Bonchev–Trinajstić information content (AvgIpc) is 2.78. The van der Waals surface area contributed by atoms with E-state index < -0.39 is 4.92 Å². The molecule has 3 rings (SSSR count). The molecule has 0 unspecified atom stereocenters. The monoisotopic (exact) mass is 421 g/mol. The van der Waals surface area contributed by atoms with Crippen molar-refractivity contribution in [1.82, 2.24) is 4.98 Å². The summed E-state index contributed by atoms with van der Waals surface area (Å²) in [7, 11) is 1.47. The first-order chi connectivity index (χ1) is 15.1. The van der Waals surface area contributed by atoms with Gasteiger partial charge in [0.15, 0.2) is 18.1 Å². The minimum absolute atomic E-state index is 0.00338. The molecule has 1 amide bonds. The Balaban J connectivity index is 1.72. The van der Waals surface area contributed by atoms with Crippen LogP contribution in [0, 0.1) is 10.1 Å². The van der Waals surface area contributed by atoms with E-state index in [1.807, 2.05) is 18.2 Å². The fourth-order valence-corrected chi connectivity index (χ4v) is 2.60. The second kappa shape index (κ2) is 10.3. The predicted molar refractivity (Wildman–Crippen MR) is 116 cm³/mol. The van der Waals surface area contributed by atoms with Crippen molar-refractivity contribution in [1.29, 1.82) is 0 Å². The first-order valence-electron chi connectivity index (χ1n) is 9.11. The number of hydrogen-bond acceptors (Lipinski definition) is 8. The third-order valence-electron chi connectivity index (χ3n) is 3.99. The van der Waals surface area contributed by atoms with Crippen molar-refractivity contribution >= 4 is 29.3 Å². The third-order valence-corrected chi connectivity index (χ3v) is 3.99. The number of nitro groups is 1. The Hall–Kier alpha value is -4.47. The van der Waals surface area contributed by atoms with Gasteiger partial charge in [0, 0.05) is 23.5 Å². The van der Waals surface area contributed by atoms with Crippen molar-refractivity contribution < 1.29 is 19.2 Å². The van der Waals surface area contributed by atoms with E-state index >= 15 is 0 Å². The lowest BCUT2D eigenvalue weighted by Crippen LogP contribution is -2.20. The molecule has 1 heterocycles. The number of hydrazone groups is 1. The highest BCUT2D eigenvalue weighted by Gasteiger charge is 2.14. The summed E-state index contributed by atoms with van der Waals surface area (Å²) in [6.45, 7) is -0.255. The summed E-state index contributed by atoms with van der Waals surface area (Å²) in [4.78, 5) is 26.6. The van der Waals surface area contributed by atoms with Crippen LogP contribution in [-0.2, 0) is 4.79 Å². The predicted octanol–water partition coefficient (Wildman–Crippen LogP) is 3.46. The van der Waals surface area contributed by atoms with Crippen LogP contribution in [0.5, 0.6) is 11.5 Å². The molecule has 2 N–H and O–H groups in total. The number of carbonyl (C=O) groups excluding carboxylic acids is 1. The molecular weight excluding hydrogens is 402 g/mol. The summed E-state index contributed by atoms with van der Waals surface area (Å²) in [6, 6.07) is 16.9. The molecule has 0 saturated carbocycles. The molecule has 2 aromatic carbocycles. The minimum atomic E-state index is -0.559. The molecule has 0 spiro atoms. The van der Waals surface area contributed by atoms with Crippen LogP contribution >= 0.6 is 0 Å². The van der Waals surface area contributed by atoms with E-state index in [1.54, 1.807) is 30.3 Å². The number of anilines is 2. The zero-order chi connectivity index (χ0) is 22.1. The van der Waals surface area contributed by atoms with Gasteiger partial charge in [-0.3, -0.25) is 20.3 Å². The Bertz CT molecular complexity index is 1090. The SMILES string of the molecule is COc1cccc(/C=N\Nc2ncccc2[N+](=O)[O-])c1OCC(=O)Nc1ccccc1. The maximum atomic E-state index is 12.2. The first kappa shape index (κ1) is 21.2. The number of ether oxygens (including phenoxy) is 2.